The maximum absolute atomic E-state index is 13.5. The Morgan fingerprint density at radius 3 is 2.43 bits per heavy atom. The molecule has 0 radical (unpaired) electrons. The molecular weight excluding hydrogens is 445 g/mol. The molecule has 0 saturated carbocycles. The number of nitrogens with one attached hydrogen (secondary N) is 3. The van der Waals surface area contributed by atoms with Crippen molar-refractivity contribution < 1.29 is 18.7 Å². The van der Waals surface area contributed by atoms with Crippen molar-refractivity contribution in [1.82, 2.24) is 15.6 Å². The normalized spacial score (nSPS) is 13.6. The Kier molecular flexibility index (Phi) is 7.15. The second-order valence-electron chi connectivity index (χ2n) is 8.80. The number of aromatic nitrogens is 1. The number of para-hydroxylation sites is 1. The van der Waals surface area contributed by atoms with Gasteiger partial charge in [-0.2, -0.15) is 0 Å². The maximum atomic E-state index is 13.5. The second kappa shape index (κ2) is 10.4. The summed E-state index contributed by atoms with van der Waals surface area (Å²) in [6, 6.07) is 22.8. The maximum Gasteiger partial charge on any atom is 0.408 e. The van der Waals surface area contributed by atoms with Crippen LogP contribution in [0.2, 0.25) is 0 Å². The lowest BCUT2D eigenvalue weighted by Crippen LogP contribution is -2.58. The standard InChI is InChI=1S/C28H28FN3O3/c1-19(21-8-4-3-5-9-21)31-26(33)28(2,16-22-17-30-25-11-7-6-10-24(22)25)32-27(34)35-18-20-12-14-23(29)15-13-20/h3-15,17,19,30H,16,18H2,1-2H3,(H,31,33)(H,32,34)/t19-,28-/m1/s1. The third-order valence-electron chi connectivity index (χ3n) is 6.03. The number of carbonyl (C=O) groups is 2. The number of halogens is 1. The summed E-state index contributed by atoms with van der Waals surface area (Å²) in [4.78, 5) is 29.5. The fourth-order valence-electron chi connectivity index (χ4n) is 4.01. The van der Waals surface area contributed by atoms with E-state index >= 15 is 0 Å². The number of rotatable bonds is 8. The molecule has 1 aromatic heterocycles. The van der Waals surface area contributed by atoms with Crippen LogP contribution in [0.5, 0.6) is 0 Å². The highest BCUT2D eigenvalue weighted by Gasteiger charge is 2.37. The van der Waals surface area contributed by atoms with Gasteiger partial charge in [0, 0.05) is 23.5 Å². The Bertz CT molecular complexity index is 1300. The first-order chi connectivity index (χ1) is 16.8. The molecule has 4 rings (SSSR count). The number of amides is 2. The summed E-state index contributed by atoms with van der Waals surface area (Å²) in [6.45, 7) is 3.53. The second-order valence-corrected chi connectivity index (χ2v) is 8.80. The van der Waals surface area contributed by atoms with Gasteiger partial charge in [-0.3, -0.25) is 4.79 Å². The SMILES string of the molecule is C[C@@H](NC(=O)[C@@](C)(Cc1c[nH]c2ccccc12)NC(=O)OCc1ccc(F)cc1)c1ccccc1. The van der Waals surface area contributed by atoms with Crippen LogP contribution < -0.4 is 10.6 Å². The van der Waals surface area contributed by atoms with Gasteiger partial charge in [-0.05, 0) is 48.7 Å². The van der Waals surface area contributed by atoms with Crippen molar-refractivity contribution in [2.24, 2.45) is 0 Å². The molecule has 1 heterocycles. The summed E-state index contributed by atoms with van der Waals surface area (Å²) in [5.74, 6) is -0.702. The van der Waals surface area contributed by atoms with E-state index in [-0.39, 0.29) is 30.8 Å². The van der Waals surface area contributed by atoms with Crippen molar-refractivity contribution in [3.05, 3.63) is 108 Å². The zero-order valence-electron chi connectivity index (χ0n) is 19.7. The molecule has 0 spiro atoms. The van der Waals surface area contributed by atoms with Gasteiger partial charge >= 0.3 is 6.09 Å². The third kappa shape index (κ3) is 5.87. The van der Waals surface area contributed by atoms with Gasteiger partial charge in [0.2, 0.25) is 5.91 Å². The minimum absolute atomic E-state index is 0.0443. The van der Waals surface area contributed by atoms with Crippen LogP contribution in [0.1, 0.15) is 36.6 Å². The highest BCUT2D eigenvalue weighted by atomic mass is 19.1. The average molecular weight is 474 g/mol. The first-order valence-corrected chi connectivity index (χ1v) is 11.4. The van der Waals surface area contributed by atoms with Crippen LogP contribution >= 0.6 is 0 Å². The van der Waals surface area contributed by atoms with Crippen molar-refractivity contribution >= 4 is 22.9 Å². The number of carbonyl (C=O) groups excluding carboxylic acids is 2. The Balaban J connectivity index is 1.53. The van der Waals surface area contributed by atoms with Crippen molar-refractivity contribution in [3.63, 3.8) is 0 Å². The average Bonchev–Trinajstić information content (AvgIpc) is 3.26. The van der Waals surface area contributed by atoms with Gasteiger partial charge in [0.15, 0.2) is 0 Å². The summed E-state index contributed by atoms with van der Waals surface area (Å²) in [5, 5.41) is 6.77. The molecule has 0 fully saturated rings. The number of fused-ring (bicyclic) bond motifs is 1. The van der Waals surface area contributed by atoms with Crippen LogP contribution in [0.4, 0.5) is 9.18 Å². The number of hydrogen-bond acceptors (Lipinski definition) is 3. The van der Waals surface area contributed by atoms with Crippen LogP contribution in [0.3, 0.4) is 0 Å². The molecule has 7 heteroatoms. The topological polar surface area (TPSA) is 83.2 Å². The summed E-state index contributed by atoms with van der Waals surface area (Å²) >= 11 is 0. The van der Waals surface area contributed by atoms with Gasteiger partial charge in [-0.1, -0.05) is 60.7 Å². The van der Waals surface area contributed by atoms with Crippen LogP contribution in [0.15, 0.2) is 85.1 Å². The molecular formula is C28H28FN3O3. The molecule has 0 aliphatic carbocycles. The molecule has 3 N–H and O–H groups in total. The number of hydrogen-bond donors (Lipinski definition) is 3. The van der Waals surface area contributed by atoms with Gasteiger partial charge in [0.25, 0.3) is 0 Å². The van der Waals surface area contributed by atoms with Gasteiger partial charge in [-0.15, -0.1) is 0 Å². The summed E-state index contributed by atoms with van der Waals surface area (Å²) in [7, 11) is 0. The fourth-order valence-corrected chi connectivity index (χ4v) is 4.01. The van der Waals surface area contributed by atoms with E-state index in [0.717, 1.165) is 22.0 Å². The van der Waals surface area contributed by atoms with E-state index in [1.165, 1.54) is 12.1 Å². The highest BCUT2D eigenvalue weighted by Crippen LogP contribution is 2.24. The molecule has 180 valence electrons. The molecule has 0 bridgehead atoms. The molecule has 2 atom stereocenters. The van der Waals surface area contributed by atoms with Gasteiger partial charge < -0.3 is 20.4 Å². The van der Waals surface area contributed by atoms with E-state index in [4.69, 9.17) is 4.74 Å². The van der Waals surface area contributed by atoms with E-state index in [9.17, 15) is 14.0 Å². The third-order valence-corrected chi connectivity index (χ3v) is 6.03. The molecule has 35 heavy (non-hydrogen) atoms. The molecule has 0 unspecified atom stereocenters. The first kappa shape index (κ1) is 24.0. The minimum atomic E-state index is -1.30. The smallest absolute Gasteiger partial charge is 0.408 e. The predicted molar refractivity (Wildman–Crippen MR) is 133 cm³/mol. The molecule has 4 aromatic rings. The van der Waals surface area contributed by atoms with Gasteiger partial charge in [0.05, 0.1) is 6.04 Å². The summed E-state index contributed by atoms with van der Waals surface area (Å²) in [5.41, 5.74) is 2.14. The van der Waals surface area contributed by atoms with E-state index in [2.05, 4.69) is 15.6 Å². The van der Waals surface area contributed by atoms with Crippen LogP contribution in [0, 0.1) is 5.82 Å². The van der Waals surface area contributed by atoms with Crippen molar-refractivity contribution in [1.29, 1.82) is 0 Å². The zero-order valence-corrected chi connectivity index (χ0v) is 19.7. The lowest BCUT2D eigenvalue weighted by Gasteiger charge is -2.31. The van der Waals surface area contributed by atoms with Crippen LogP contribution in [-0.2, 0) is 22.6 Å². The van der Waals surface area contributed by atoms with E-state index in [0.29, 0.717) is 5.56 Å². The Labute approximate surface area is 203 Å². The molecule has 0 aliphatic heterocycles. The predicted octanol–water partition coefficient (Wildman–Crippen LogP) is 5.41. The first-order valence-electron chi connectivity index (χ1n) is 11.4. The summed E-state index contributed by atoms with van der Waals surface area (Å²) < 4.78 is 18.5. The van der Waals surface area contributed by atoms with Crippen molar-refractivity contribution in [3.8, 4) is 0 Å². The van der Waals surface area contributed by atoms with Gasteiger partial charge in [0.1, 0.15) is 18.0 Å². The number of H-pyrrole nitrogens is 1. The number of alkyl carbamates (subject to hydrolysis) is 1. The molecule has 0 aliphatic rings. The zero-order chi connectivity index (χ0) is 24.8. The Morgan fingerprint density at radius 1 is 1.00 bits per heavy atom. The Hall–Kier alpha value is -4.13. The fraction of sp³-hybridized carbons (Fsp3) is 0.214. The largest absolute Gasteiger partial charge is 0.445 e. The van der Waals surface area contributed by atoms with Crippen LogP contribution in [0.25, 0.3) is 10.9 Å². The van der Waals surface area contributed by atoms with E-state index < -0.39 is 11.6 Å². The van der Waals surface area contributed by atoms with Crippen molar-refractivity contribution in [2.45, 2.75) is 38.5 Å². The molecule has 3 aromatic carbocycles. The molecule has 6 nitrogen and oxygen atoms in total. The number of benzene rings is 3. The molecule has 0 saturated heterocycles. The monoisotopic (exact) mass is 473 g/mol. The number of aromatic amines is 1. The molecule has 2 amide bonds. The lowest BCUT2D eigenvalue weighted by molar-refractivity contribution is -0.127. The van der Waals surface area contributed by atoms with Crippen LogP contribution in [-0.4, -0.2) is 22.5 Å². The summed E-state index contributed by atoms with van der Waals surface area (Å²) in [6.07, 6.45) is 1.36. The Morgan fingerprint density at radius 2 is 1.69 bits per heavy atom. The quantitative estimate of drug-likeness (QED) is 0.320. The van der Waals surface area contributed by atoms with E-state index in [1.54, 1.807) is 19.1 Å². The minimum Gasteiger partial charge on any atom is -0.445 e. The number of ether oxygens (including phenoxy) is 1. The highest BCUT2D eigenvalue weighted by molar-refractivity contribution is 5.91. The van der Waals surface area contributed by atoms with Gasteiger partial charge in [-0.25, -0.2) is 9.18 Å². The van der Waals surface area contributed by atoms with E-state index in [1.807, 2.05) is 67.7 Å². The van der Waals surface area contributed by atoms with Crippen molar-refractivity contribution in [2.75, 3.05) is 0 Å². The lowest BCUT2D eigenvalue weighted by atomic mass is 9.91.